The van der Waals surface area contributed by atoms with Crippen LogP contribution in [0.3, 0.4) is 0 Å². The van der Waals surface area contributed by atoms with Crippen molar-refractivity contribution in [3.05, 3.63) is 0 Å². The first-order chi connectivity index (χ1) is 13.2. The van der Waals surface area contributed by atoms with E-state index in [4.69, 9.17) is 14.2 Å². The first kappa shape index (κ1) is 26.7. The van der Waals surface area contributed by atoms with Crippen LogP contribution in [-0.4, -0.2) is 54.3 Å². The average molecular weight is 417 g/mol. The summed E-state index contributed by atoms with van der Waals surface area (Å²) in [7, 11) is 0. The molecule has 0 aromatic heterocycles. The topological polar surface area (TPSA) is 120 Å². The van der Waals surface area contributed by atoms with Crippen LogP contribution >= 0.6 is 0 Å². The molecule has 0 aliphatic carbocycles. The third-order valence-electron chi connectivity index (χ3n) is 3.21. The predicted octanol–water partition coefficient (Wildman–Crippen LogP) is 2.46. The molecule has 1 atom stereocenters. The van der Waals surface area contributed by atoms with Crippen LogP contribution in [0.5, 0.6) is 0 Å². The van der Waals surface area contributed by atoms with E-state index in [0.29, 0.717) is 0 Å². The third kappa shape index (κ3) is 15.3. The molecule has 0 aliphatic heterocycles. The van der Waals surface area contributed by atoms with E-state index < -0.39 is 41.2 Å². The minimum Gasteiger partial charge on any atom is -0.464 e. The van der Waals surface area contributed by atoms with Gasteiger partial charge in [0.1, 0.15) is 23.8 Å². The number of urea groups is 1. The van der Waals surface area contributed by atoms with Gasteiger partial charge in [0.2, 0.25) is 0 Å². The lowest BCUT2D eigenvalue weighted by Gasteiger charge is -2.25. The van der Waals surface area contributed by atoms with Gasteiger partial charge in [0.05, 0.1) is 6.61 Å². The highest BCUT2D eigenvalue weighted by Gasteiger charge is 2.28. The maximum absolute atomic E-state index is 12.4. The molecule has 0 aliphatic rings. The van der Waals surface area contributed by atoms with E-state index in [1.165, 1.54) is 0 Å². The van der Waals surface area contributed by atoms with Crippen LogP contribution in [0.1, 0.15) is 74.1 Å². The SMILES string of the molecule is CCCCOC(=O)CNC(=O)NC(CCC(=O)OC(C)(C)C)C(=O)OC(C)(C)C. The molecule has 0 aromatic carbocycles. The molecule has 0 bridgehead atoms. The maximum atomic E-state index is 12.4. The largest absolute Gasteiger partial charge is 0.464 e. The first-order valence-corrected chi connectivity index (χ1v) is 9.88. The summed E-state index contributed by atoms with van der Waals surface area (Å²) >= 11 is 0. The molecule has 0 saturated heterocycles. The van der Waals surface area contributed by atoms with E-state index in [0.717, 1.165) is 12.8 Å². The molecule has 168 valence electrons. The molecule has 0 radical (unpaired) electrons. The van der Waals surface area contributed by atoms with Gasteiger partial charge in [-0.2, -0.15) is 0 Å². The number of amides is 2. The Kier molecular flexibility index (Phi) is 11.3. The van der Waals surface area contributed by atoms with E-state index in [1.807, 2.05) is 6.92 Å². The van der Waals surface area contributed by atoms with Gasteiger partial charge in [-0.05, 0) is 54.4 Å². The minimum absolute atomic E-state index is 0.00179. The molecule has 29 heavy (non-hydrogen) atoms. The summed E-state index contributed by atoms with van der Waals surface area (Å²) in [6.45, 7) is 12.2. The molecule has 0 spiro atoms. The van der Waals surface area contributed by atoms with Crippen LogP contribution in [0.4, 0.5) is 4.79 Å². The van der Waals surface area contributed by atoms with Crippen LogP contribution in [0, 0.1) is 0 Å². The molecule has 1 unspecified atom stereocenters. The van der Waals surface area contributed by atoms with Crippen LogP contribution in [0.25, 0.3) is 0 Å². The number of hydrogen-bond donors (Lipinski definition) is 2. The van der Waals surface area contributed by atoms with E-state index in [9.17, 15) is 19.2 Å². The normalized spacial score (nSPS) is 12.5. The Morgan fingerprint density at radius 2 is 1.48 bits per heavy atom. The molecule has 2 amide bonds. The summed E-state index contributed by atoms with van der Waals surface area (Å²) in [6.07, 6.45) is 1.54. The molecule has 0 heterocycles. The fourth-order valence-electron chi connectivity index (χ4n) is 2.02. The zero-order valence-electron chi connectivity index (χ0n) is 18.7. The number of rotatable bonds is 10. The number of esters is 3. The standard InChI is InChI=1S/C20H36N2O7/c1-8-9-12-27-16(24)13-21-18(26)22-14(17(25)29-20(5,6)7)10-11-15(23)28-19(2,3)4/h14H,8-13H2,1-7H3,(H2,21,22,26). The van der Waals surface area contributed by atoms with Gasteiger partial charge in [-0.25, -0.2) is 9.59 Å². The Morgan fingerprint density at radius 1 is 0.897 bits per heavy atom. The summed E-state index contributed by atoms with van der Waals surface area (Å²) in [5.41, 5.74) is -1.41. The number of ether oxygens (including phenoxy) is 3. The van der Waals surface area contributed by atoms with Gasteiger partial charge in [-0.15, -0.1) is 0 Å². The van der Waals surface area contributed by atoms with E-state index >= 15 is 0 Å². The molecule has 9 nitrogen and oxygen atoms in total. The van der Waals surface area contributed by atoms with Crippen LogP contribution in [0.15, 0.2) is 0 Å². The Balaban J connectivity index is 4.76. The van der Waals surface area contributed by atoms with Gasteiger partial charge in [0.25, 0.3) is 0 Å². The number of carbonyl (C=O) groups excluding carboxylic acids is 4. The quantitative estimate of drug-likeness (QED) is 0.319. The number of nitrogens with one attached hydrogen (secondary N) is 2. The molecular weight excluding hydrogens is 380 g/mol. The van der Waals surface area contributed by atoms with Crippen molar-refractivity contribution in [1.29, 1.82) is 0 Å². The summed E-state index contributed by atoms with van der Waals surface area (Å²) < 4.78 is 15.5. The van der Waals surface area contributed by atoms with Crippen LogP contribution in [0.2, 0.25) is 0 Å². The van der Waals surface area contributed by atoms with E-state index in [2.05, 4.69) is 10.6 Å². The fourth-order valence-corrected chi connectivity index (χ4v) is 2.02. The summed E-state index contributed by atoms with van der Waals surface area (Å²) in [5, 5.41) is 4.77. The van der Waals surface area contributed by atoms with Gasteiger partial charge < -0.3 is 24.8 Å². The molecule has 0 rings (SSSR count). The third-order valence-corrected chi connectivity index (χ3v) is 3.21. The monoisotopic (exact) mass is 416 g/mol. The summed E-state index contributed by atoms with van der Waals surface area (Å²) in [4.78, 5) is 48.0. The lowest BCUT2D eigenvalue weighted by Crippen LogP contribution is -2.49. The molecule has 9 heteroatoms. The zero-order valence-corrected chi connectivity index (χ0v) is 18.7. The van der Waals surface area contributed by atoms with Crippen molar-refractivity contribution in [2.24, 2.45) is 0 Å². The van der Waals surface area contributed by atoms with Crippen molar-refractivity contribution in [3.63, 3.8) is 0 Å². The number of hydrogen-bond acceptors (Lipinski definition) is 7. The smallest absolute Gasteiger partial charge is 0.329 e. The zero-order chi connectivity index (χ0) is 22.7. The number of unbranched alkanes of at least 4 members (excludes halogenated alkanes) is 1. The molecule has 0 saturated carbocycles. The molecule has 0 fully saturated rings. The summed E-state index contributed by atoms with van der Waals surface area (Å²) in [5.74, 6) is -1.74. The first-order valence-electron chi connectivity index (χ1n) is 9.88. The van der Waals surface area contributed by atoms with Gasteiger partial charge in [-0.3, -0.25) is 9.59 Å². The fraction of sp³-hybridized carbons (Fsp3) is 0.800. The highest BCUT2D eigenvalue weighted by atomic mass is 16.6. The van der Waals surface area contributed by atoms with E-state index in [1.54, 1.807) is 41.5 Å². The molecule has 2 N–H and O–H groups in total. The average Bonchev–Trinajstić information content (AvgIpc) is 2.53. The van der Waals surface area contributed by atoms with Crippen LogP contribution < -0.4 is 10.6 Å². The Labute approximate surface area is 173 Å². The van der Waals surface area contributed by atoms with Gasteiger partial charge >= 0.3 is 23.9 Å². The lowest BCUT2D eigenvalue weighted by atomic mass is 10.1. The number of carbonyl (C=O) groups is 4. The lowest BCUT2D eigenvalue weighted by molar-refractivity contribution is -0.158. The van der Waals surface area contributed by atoms with Crippen molar-refractivity contribution < 1.29 is 33.4 Å². The second-order valence-corrected chi connectivity index (χ2v) is 8.61. The second kappa shape index (κ2) is 12.3. The minimum atomic E-state index is -1.07. The highest BCUT2D eigenvalue weighted by molar-refractivity contribution is 5.86. The molecular formula is C20H36N2O7. The van der Waals surface area contributed by atoms with Crippen molar-refractivity contribution in [3.8, 4) is 0 Å². The predicted molar refractivity (Wildman–Crippen MR) is 107 cm³/mol. The molecule has 0 aromatic rings. The van der Waals surface area contributed by atoms with Gasteiger partial charge in [-0.1, -0.05) is 13.3 Å². The maximum Gasteiger partial charge on any atom is 0.329 e. The van der Waals surface area contributed by atoms with Crippen LogP contribution in [-0.2, 0) is 28.6 Å². The van der Waals surface area contributed by atoms with Crippen molar-refractivity contribution in [2.75, 3.05) is 13.2 Å². The van der Waals surface area contributed by atoms with Gasteiger partial charge in [0, 0.05) is 6.42 Å². The van der Waals surface area contributed by atoms with E-state index in [-0.39, 0.29) is 26.0 Å². The Hall–Kier alpha value is -2.32. The van der Waals surface area contributed by atoms with Gasteiger partial charge in [0.15, 0.2) is 0 Å². The Bertz CT molecular complexity index is 562. The van der Waals surface area contributed by atoms with Crippen molar-refractivity contribution >= 4 is 23.9 Å². The van der Waals surface area contributed by atoms with Crippen molar-refractivity contribution in [2.45, 2.75) is 91.4 Å². The highest BCUT2D eigenvalue weighted by Crippen LogP contribution is 2.13. The second-order valence-electron chi connectivity index (χ2n) is 8.61. The Morgan fingerprint density at radius 3 is 2.00 bits per heavy atom. The summed E-state index contributed by atoms with van der Waals surface area (Å²) in [6, 6.07) is -1.81. The van der Waals surface area contributed by atoms with Crippen molar-refractivity contribution in [1.82, 2.24) is 10.6 Å².